The Labute approximate surface area is 127 Å². The second-order valence-electron chi connectivity index (χ2n) is 7.01. The zero-order chi connectivity index (χ0) is 16.4. The monoisotopic (exact) mass is 302 g/mol. The van der Waals surface area contributed by atoms with Crippen molar-refractivity contribution < 1.29 is 24.9 Å². The number of hydrogen-bond acceptors (Lipinski definition) is 5. The number of rotatable bonds is 7. The van der Waals surface area contributed by atoms with E-state index in [4.69, 9.17) is 4.74 Å². The number of ketones is 1. The van der Waals surface area contributed by atoms with E-state index in [1.807, 2.05) is 27.7 Å². The molecule has 1 saturated carbocycles. The number of carbonyl (C=O) groups is 1. The number of Topliss-reactive ketones (excluding diaryl/α,β-unsaturated/α-hetero) is 1. The van der Waals surface area contributed by atoms with Gasteiger partial charge < -0.3 is 20.1 Å². The van der Waals surface area contributed by atoms with Crippen LogP contribution in [-0.4, -0.2) is 52.6 Å². The van der Waals surface area contributed by atoms with Crippen LogP contribution in [0.2, 0.25) is 0 Å². The Balaban J connectivity index is 3.09. The normalized spacial score (nSPS) is 36.0. The number of aliphatic hydroxyl groups is 3. The molecular formula is C16H30O5. The van der Waals surface area contributed by atoms with Gasteiger partial charge in [0.2, 0.25) is 0 Å². The van der Waals surface area contributed by atoms with Crippen LogP contribution in [0.3, 0.4) is 0 Å². The van der Waals surface area contributed by atoms with E-state index in [1.165, 1.54) is 7.11 Å². The molecule has 0 radical (unpaired) electrons. The van der Waals surface area contributed by atoms with Gasteiger partial charge in [-0.05, 0) is 31.1 Å². The molecule has 0 heterocycles. The van der Waals surface area contributed by atoms with Gasteiger partial charge in [0.15, 0.2) is 11.4 Å². The van der Waals surface area contributed by atoms with Crippen LogP contribution >= 0.6 is 0 Å². The lowest BCUT2D eigenvalue weighted by Crippen LogP contribution is -2.59. The molecule has 3 unspecified atom stereocenters. The molecule has 21 heavy (non-hydrogen) atoms. The van der Waals surface area contributed by atoms with Crippen LogP contribution in [0.15, 0.2) is 0 Å². The van der Waals surface area contributed by atoms with Gasteiger partial charge in [-0.2, -0.15) is 0 Å². The summed E-state index contributed by atoms with van der Waals surface area (Å²) < 4.78 is 5.45. The van der Waals surface area contributed by atoms with Crippen molar-refractivity contribution in [2.75, 3.05) is 13.7 Å². The zero-order valence-electron chi connectivity index (χ0n) is 13.8. The maximum absolute atomic E-state index is 12.3. The van der Waals surface area contributed by atoms with Crippen molar-refractivity contribution in [2.45, 2.75) is 64.8 Å². The van der Waals surface area contributed by atoms with Crippen molar-refractivity contribution in [1.29, 1.82) is 0 Å². The van der Waals surface area contributed by atoms with Crippen LogP contribution in [-0.2, 0) is 9.53 Å². The molecule has 0 aromatic heterocycles. The largest absolute Gasteiger partial charge is 0.393 e. The Hall–Kier alpha value is -0.490. The highest BCUT2D eigenvalue weighted by Crippen LogP contribution is 2.52. The highest BCUT2D eigenvalue weighted by atomic mass is 16.5. The van der Waals surface area contributed by atoms with Gasteiger partial charge in [-0.1, -0.05) is 27.7 Å². The van der Waals surface area contributed by atoms with Gasteiger partial charge >= 0.3 is 0 Å². The maximum atomic E-state index is 12.3. The van der Waals surface area contributed by atoms with E-state index >= 15 is 0 Å². The van der Waals surface area contributed by atoms with Gasteiger partial charge in [-0.3, -0.25) is 4.79 Å². The average molecular weight is 302 g/mol. The Bertz CT molecular complexity index is 370. The summed E-state index contributed by atoms with van der Waals surface area (Å²) in [4.78, 5) is 12.3. The summed E-state index contributed by atoms with van der Waals surface area (Å²) in [5.41, 5.74) is -2.12. The molecule has 1 aliphatic rings. The number of aliphatic hydroxyl groups excluding tert-OH is 3. The van der Waals surface area contributed by atoms with Crippen LogP contribution in [0.1, 0.15) is 47.0 Å². The Kier molecular flexibility index (Phi) is 5.95. The summed E-state index contributed by atoms with van der Waals surface area (Å²) in [5, 5.41) is 30.0. The topological polar surface area (TPSA) is 87.0 Å². The molecule has 0 aliphatic heterocycles. The van der Waals surface area contributed by atoms with Crippen molar-refractivity contribution in [3.8, 4) is 0 Å². The molecule has 0 saturated heterocycles. The zero-order valence-corrected chi connectivity index (χ0v) is 13.8. The third-order valence-corrected chi connectivity index (χ3v) is 5.53. The summed E-state index contributed by atoms with van der Waals surface area (Å²) in [6, 6.07) is 0. The van der Waals surface area contributed by atoms with Gasteiger partial charge in [0.25, 0.3) is 0 Å². The van der Waals surface area contributed by atoms with E-state index in [-0.39, 0.29) is 5.92 Å². The van der Waals surface area contributed by atoms with Crippen molar-refractivity contribution in [3.63, 3.8) is 0 Å². The quantitative estimate of drug-likeness (QED) is 0.656. The molecule has 0 aromatic rings. The fraction of sp³-hybridized carbons (Fsp3) is 0.938. The minimum Gasteiger partial charge on any atom is -0.393 e. The van der Waals surface area contributed by atoms with Crippen LogP contribution < -0.4 is 0 Å². The first-order valence-electron chi connectivity index (χ1n) is 7.71. The van der Waals surface area contributed by atoms with Crippen molar-refractivity contribution in [1.82, 2.24) is 0 Å². The summed E-state index contributed by atoms with van der Waals surface area (Å²) in [6.45, 7) is 7.25. The van der Waals surface area contributed by atoms with Gasteiger partial charge in [0.05, 0.1) is 12.2 Å². The molecule has 124 valence electrons. The Morgan fingerprint density at radius 2 is 1.95 bits per heavy atom. The fourth-order valence-corrected chi connectivity index (χ4v) is 3.73. The summed E-state index contributed by atoms with van der Waals surface area (Å²) >= 11 is 0. The van der Waals surface area contributed by atoms with Crippen molar-refractivity contribution in [3.05, 3.63) is 0 Å². The van der Waals surface area contributed by atoms with E-state index in [1.54, 1.807) is 0 Å². The predicted molar refractivity (Wildman–Crippen MR) is 79.8 cm³/mol. The molecule has 0 amide bonds. The number of hydrogen-bond donors (Lipinski definition) is 3. The lowest BCUT2D eigenvalue weighted by molar-refractivity contribution is -0.179. The van der Waals surface area contributed by atoms with Crippen LogP contribution in [0, 0.1) is 17.3 Å². The SMILES string of the molecule is CO[C@]1(C(=O)CO)[C@H](O)CCC1(C)CC(O)C(C)C(C)C. The molecule has 5 atom stereocenters. The van der Waals surface area contributed by atoms with E-state index < -0.39 is 35.6 Å². The van der Waals surface area contributed by atoms with Gasteiger partial charge in [0, 0.05) is 12.5 Å². The van der Waals surface area contributed by atoms with E-state index in [0.29, 0.717) is 25.2 Å². The molecule has 1 rings (SSSR count). The van der Waals surface area contributed by atoms with Crippen LogP contribution in [0.25, 0.3) is 0 Å². The number of carbonyl (C=O) groups excluding carboxylic acids is 1. The second-order valence-corrected chi connectivity index (χ2v) is 7.01. The van der Waals surface area contributed by atoms with Gasteiger partial charge in [-0.15, -0.1) is 0 Å². The molecule has 0 spiro atoms. The first-order valence-corrected chi connectivity index (χ1v) is 7.71. The lowest BCUT2D eigenvalue weighted by atomic mass is 9.67. The summed E-state index contributed by atoms with van der Waals surface area (Å²) in [7, 11) is 1.39. The van der Waals surface area contributed by atoms with Crippen LogP contribution in [0.5, 0.6) is 0 Å². The number of ether oxygens (including phenoxy) is 1. The molecule has 5 heteroatoms. The van der Waals surface area contributed by atoms with Crippen molar-refractivity contribution >= 4 is 5.78 Å². The van der Waals surface area contributed by atoms with Gasteiger partial charge in [-0.25, -0.2) is 0 Å². The van der Waals surface area contributed by atoms with Crippen molar-refractivity contribution in [2.24, 2.45) is 17.3 Å². The van der Waals surface area contributed by atoms with Gasteiger partial charge in [0.1, 0.15) is 6.61 Å². The average Bonchev–Trinajstić information content (AvgIpc) is 2.69. The third-order valence-electron chi connectivity index (χ3n) is 5.53. The summed E-state index contributed by atoms with van der Waals surface area (Å²) in [5.74, 6) is -0.110. The Morgan fingerprint density at radius 1 is 1.38 bits per heavy atom. The molecule has 3 N–H and O–H groups in total. The highest BCUT2D eigenvalue weighted by molar-refractivity contribution is 5.90. The summed E-state index contributed by atoms with van der Waals surface area (Å²) in [6.07, 6.45) is -0.160. The second kappa shape index (κ2) is 6.73. The molecule has 0 aromatic carbocycles. The molecule has 0 bridgehead atoms. The molecule has 5 nitrogen and oxygen atoms in total. The molecule has 1 aliphatic carbocycles. The third kappa shape index (κ3) is 3.02. The first kappa shape index (κ1) is 18.6. The molecular weight excluding hydrogens is 272 g/mol. The maximum Gasteiger partial charge on any atom is 0.193 e. The minimum absolute atomic E-state index is 0.0818. The lowest BCUT2D eigenvalue weighted by Gasteiger charge is -2.44. The smallest absolute Gasteiger partial charge is 0.193 e. The predicted octanol–water partition coefficient (Wildman–Crippen LogP) is 1.14. The van der Waals surface area contributed by atoms with E-state index in [9.17, 15) is 20.1 Å². The van der Waals surface area contributed by atoms with E-state index in [0.717, 1.165) is 0 Å². The highest BCUT2D eigenvalue weighted by Gasteiger charge is 2.62. The standard InChI is InChI=1S/C16H30O5/c1-10(2)11(3)12(18)8-15(4)7-6-13(19)16(15,21-5)14(20)9-17/h10-13,17-19H,6-9H2,1-5H3/t11?,12?,13-,15?,16+/m1/s1. The first-order chi connectivity index (χ1) is 9.66. The minimum atomic E-state index is -1.43. The fourth-order valence-electron chi connectivity index (χ4n) is 3.73. The Morgan fingerprint density at radius 3 is 2.38 bits per heavy atom. The van der Waals surface area contributed by atoms with E-state index in [2.05, 4.69) is 0 Å². The number of methoxy groups -OCH3 is 1. The van der Waals surface area contributed by atoms with Crippen LogP contribution in [0.4, 0.5) is 0 Å². The molecule has 1 fully saturated rings.